The van der Waals surface area contributed by atoms with Gasteiger partial charge < -0.3 is 10.5 Å². The van der Waals surface area contributed by atoms with E-state index < -0.39 is 0 Å². The standard InChI is InChI=1S/C12H15NO2/c1-15-11(14)8-9-3-2-4-10(7-9)12(13)5-6-12/h2-4,7H,5-6,8,13H2,1H3. The van der Waals surface area contributed by atoms with E-state index >= 15 is 0 Å². The van der Waals surface area contributed by atoms with Gasteiger partial charge in [-0.2, -0.15) is 0 Å². The van der Waals surface area contributed by atoms with E-state index in [0.717, 1.165) is 24.0 Å². The van der Waals surface area contributed by atoms with Crippen molar-refractivity contribution in [2.75, 3.05) is 7.11 Å². The lowest BCUT2D eigenvalue weighted by Gasteiger charge is -2.10. The summed E-state index contributed by atoms with van der Waals surface area (Å²) < 4.78 is 4.63. The van der Waals surface area contributed by atoms with Gasteiger partial charge in [-0.3, -0.25) is 4.79 Å². The van der Waals surface area contributed by atoms with Crippen LogP contribution in [0.1, 0.15) is 24.0 Å². The molecule has 0 radical (unpaired) electrons. The second-order valence-corrected chi connectivity index (χ2v) is 4.11. The van der Waals surface area contributed by atoms with Crippen LogP contribution in [0.4, 0.5) is 0 Å². The molecule has 0 unspecified atom stereocenters. The fourth-order valence-electron chi connectivity index (χ4n) is 1.65. The van der Waals surface area contributed by atoms with E-state index in [0.29, 0.717) is 6.42 Å². The quantitative estimate of drug-likeness (QED) is 0.758. The average Bonchev–Trinajstić information content (AvgIpc) is 2.98. The third-order valence-electron chi connectivity index (χ3n) is 2.87. The summed E-state index contributed by atoms with van der Waals surface area (Å²) in [6, 6.07) is 7.89. The van der Waals surface area contributed by atoms with Crippen LogP contribution in [0, 0.1) is 0 Å². The first-order valence-corrected chi connectivity index (χ1v) is 5.09. The monoisotopic (exact) mass is 205 g/mol. The number of ether oxygens (including phenoxy) is 1. The van der Waals surface area contributed by atoms with Crippen molar-refractivity contribution in [3.63, 3.8) is 0 Å². The van der Waals surface area contributed by atoms with Crippen molar-refractivity contribution in [3.8, 4) is 0 Å². The van der Waals surface area contributed by atoms with Crippen molar-refractivity contribution < 1.29 is 9.53 Å². The highest BCUT2D eigenvalue weighted by molar-refractivity contribution is 5.72. The van der Waals surface area contributed by atoms with E-state index in [9.17, 15) is 4.79 Å². The van der Waals surface area contributed by atoms with Crippen molar-refractivity contribution in [3.05, 3.63) is 35.4 Å². The molecular weight excluding hydrogens is 190 g/mol. The molecule has 2 N–H and O–H groups in total. The minimum absolute atomic E-state index is 0.133. The molecule has 3 nitrogen and oxygen atoms in total. The highest BCUT2D eigenvalue weighted by Gasteiger charge is 2.39. The van der Waals surface area contributed by atoms with Crippen LogP contribution in [0.5, 0.6) is 0 Å². The van der Waals surface area contributed by atoms with Crippen LogP contribution in [0.3, 0.4) is 0 Å². The Morgan fingerprint density at radius 2 is 2.27 bits per heavy atom. The van der Waals surface area contributed by atoms with Gasteiger partial charge in [0, 0.05) is 5.54 Å². The average molecular weight is 205 g/mol. The zero-order valence-electron chi connectivity index (χ0n) is 8.82. The lowest BCUT2D eigenvalue weighted by Crippen LogP contribution is -2.19. The van der Waals surface area contributed by atoms with Gasteiger partial charge >= 0.3 is 5.97 Å². The molecule has 1 saturated carbocycles. The topological polar surface area (TPSA) is 52.3 Å². The summed E-state index contributed by atoms with van der Waals surface area (Å²) in [6.45, 7) is 0. The molecule has 0 saturated heterocycles. The van der Waals surface area contributed by atoms with Crippen molar-refractivity contribution in [2.45, 2.75) is 24.8 Å². The van der Waals surface area contributed by atoms with Crippen LogP contribution < -0.4 is 5.73 Å². The third kappa shape index (κ3) is 2.18. The SMILES string of the molecule is COC(=O)Cc1cccc(C2(N)CC2)c1. The van der Waals surface area contributed by atoms with E-state index in [1.807, 2.05) is 24.3 Å². The van der Waals surface area contributed by atoms with Gasteiger partial charge in [-0.15, -0.1) is 0 Å². The normalized spacial score (nSPS) is 17.2. The number of rotatable bonds is 3. The third-order valence-corrected chi connectivity index (χ3v) is 2.87. The van der Waals surface area contributed by atoms with E-state index in [-0.39, 0.29) is 11.5 Å². The van der Waals surface area contributed by atoms with E-state index in [4.69, 9.17) is 5.73 Å². The molecule has 0 heterocycles. The second-order valence-electron chi connectivity index (χ2n) is 4.11. The molecule has 1 fully saturated rings. The summed E-state index contributed by atoms with van der Waals surface area (Å²) in [5.41, 5.74) is 8.05. The van der Waals surface area contributed by atoms with Crippen molar-refractivity contribution >= 4 is 5.97 Å². The van der Waals surface area contributed by atoms with E-state index in [1.165, 1.54) is 7.11 Å². The van der Waals surface area contributed by atoms with Crippen molar-refractivity contribution in [1.82, 2.24) is 0 Å². The summed E-state index contributed by atoms with van der Waals surface area (Å²) in [5.74, 6) is -0.214. The maximum atomic E-state index is 11.1. The first-order chi connectivity index (χ1) is 7.14. The van der Waals surface area contributed by atoms with Gasteiger partial charge in [0.15, 0.2) is 0 Å². The highest BCUT2D eigenvalue weighted by atomic mass is 16.5. The van der Waals surface area contributed by atoms with Crippen LogP contribution in [0.15, 0.2) is 24.3 Å². The molecule has 1 aromatic carbocycles. The Morgan fingerprint density at radius 3 is 2.87 bits per heavy atom. The number of hydrogen-bond acceptors (Lipinski definition) is 3. The first kappa shape index (κ1) is 10.2. The Hall–Kier alpha value is -1.35. The number of carbonyl (C=O) groups is 1. The lowest BCUT2D eigenvalue weighted by molar-refractivity contribution is -0.139. The van der Waals surface area contributed by atoms with Gasteiger partial charge in [-0.25, -0.2) is 0 Å². The van der Waals surface area contributed by atoms with Crippen LogP contribution in [0.25, 0.3) is 0 Å². The Morgan fingerprint density at radius 1 is 1.53 bits per heavy atom. The minimum atomic E-state index is -0.214. The molecule has 2 rings (SSSR count). The first-order valence-electron chi connectivity index (χ1n) is 5.09. The molecule has 0 atom stereocenters. The number of esters is 1. The number of benzene rings is 1. The Balaban J connectivity index is 2.16. The summed E-state index contributed by atoms with van der Waals surface area (Å²) in [4.78, 5) is 11.1. The maximum Gasteiger partial charge on any atom is 0.309 e. The largest absolute Gasteiger partial charge is 0.469 e. The summed E-state index contributed by atoms with van der Waals surface area (Å²) in [6.07, 6.45) is 2.39. The molecule has 0 bridgehead atoms. The number of methoxy groups -OCH3 is 1. The molecule has 80 valence electrons. The van der Waals surface area contributed by atoms with Crippen LogP contribution >= 0.6 is 0 Å². The van der Waals surface area contributed by atoms with Gasteiger partial charge in [0.25, 0.3) is 0 Å². The van der Waals surface area contributed by atoms with Crippen LogP contribution in [-0.4, -0.2) is 13.1 Å². The molecule has 1 aliphatic carbocycles. The Kier molecular flexibility index (Phi) is 2.49. The van der Waals surface area contributed by atoms with Gasteiger partial charge in [-0.1, -0.05) is 24.3 Å². The fourth-order valence-corrected chi connectivity index (χ4v) is 1.65. The fraction of sp³-hybridized carbons (Fsp3) is 0.417. The van der Waals surface area contributed by atoms with Gasteiger partial charge in [-0.05, 0) is 24.0 Å². The lowest BCUT2D eigenvalue weighted by atomic mass is 10.0. The Labute approximate surface area is 89.2 Å². The molecule has 3 heteroatoms. The molecule has 1 aromatic rings. The Bertz CT molecular complexity index is 383. The van der Waals surface area contributed by atoms with E-state index in [2.05, 4.69) is 4.74 Å². The van der Waals surface area contributed by atoms with Gasteiger partial charge in [0.2, 0.25) is 0 Å². The number of nitrogens with two attached hydrogens (primary N) is 1. The molecule has 1 aliphatic rings. The molecule has 15 heavy (non-hydrogen) atoms. The smallest absolute Gasteiger partial charge is 0.309 e. The van der Waals surface area contributed by atoms with Crippen molar-refractivity contribution in [1.29, 1.82) is 0 Å². The highest BCUT2D eigenvalue weighted by Crippen LogP contribution is 2.42. The molecule has 0 amide bonds. The number of hydrogen-bond donors (Lipinski definition) is 1. The second kappa shape index (κ2) is 3.66. The summed E-state index contributed by atoms with van der Waals surface area (Å²) in [5, 5.41) is 0. The zero-order valence-corrected chi connectivity index (χ0v) is 8.82. The predicted molar refractivity (Wildman–Crippen MR) is 57.3 cm³/mol. The maximum absolute atomic E-state index is 11.1. The number of carbonyl (C=O) groups excluding carboxylic acids is 1. The van der Waals surface area contributed by atoms with Crippen LogP contribution in [0.2, 0.25) is 0 Å². The van der Waals surface area contributed by atoms with Gasteiger partial charge in [0.05, 0.1) is 13.5 Å². The zero-order chi connectivity index (χ0) is 10.9. The molecule has 0 spiro atoms. The van der Waals surface area contributed by atoms with E-state index in [1.54, 1.807) is 0 Å². The summed E-state index contributed by atoms with van der Waals surface area (Å²) in [7, 11) is 1.40. The van der Waals surface area contributed by atoms with Crippen molar-refractivity contribution in [2.24, 2.45) is 5.73 Å². The molecule has 0 aromatic heterocycles. The minimum Gasteiger partial charge on any atom is -0.469 e. The van der Waals surface area contributed by atoms with Gasteiger partial charge in [0.1, 0.15) is 0 Å². The predicted octanol–water partition coefficient (Wildman–Crippen LogP) is 1.35. The summed E-state index contributed by atoms with van der Waals surface area (Å²) >= 11 is 0. The molecular formula is C12H15NO2. The molecule has 0 aliphatic heterocycles. The van der Waals surface area contributed by atoms with Crippen LogP contribution in [-0.2, 0) is 21.5 Å².